The van der Waals surface area contributed by atoms with Crippen LogP contribution >= 0.6 is 0 Å². The van der Waals surface area contributed by atoms with E-state index in [2.05, 4.69) is 24.3 Å². The maximum Gasteiger partial charge on any atom is 0.234 e. The topological polar surface area (TPSA) is 87.7 Å². The van der Waals surface area contributed by atoms with Gasteiger partial charge in [-0.15, -0.1) is 0 Å². The van der Waals surface area contributed by atoms with Gasteiger partial charge in [-0.25, -0.2) is 0 Å². The highest BCUT2D eigenvalue weighted by atomic mass is 16.4. The quantitative estimate of drug-likeness (QED) is 0.321. The van der Waals surface area contributed by atoms with Crippen LogP contribution in [0.1, 0.15) is 65.2 Å². The van der Waals surface area contributed by atoms with Crippen molar-refractivity contribution in [3.05, 3.63) is 0 Å². The van der Waals surface area contributed by atoms with Crippen LogP contribution in [-0.4, -0.2) is 23.0 Å². The van der Waals surface area contributed by atoms with Gasteiger partial charge in [0, 0.05) is 6.04 Å². The van der Waals surface area contributed by atoms with E-state index >= 15 is 0 Å². The fourth-order valence-electron chi connectivity index (χ4n) is 3.73. The summed E-state index contributed by atoms with van der Waals surface area (Å²) >= 11 is 0. The summed E-state index contributed by atoms with van der Waals surface area (Å²) in [6, 6.07) is 0.188. The van der Waals surface area contributed by atoms with E-state index in [1.807, 2.05) is 0 Å². The van der Waals surface area contributed by atoms with Gasteiger partial charge in [0.15, 0.2) is 5.84 Å². The zero-order chi connectivity index (χ0) is 14.8. The number of rotatable bonds is 3. The minimum absolute atomic E-state index is 0.0507. The molecule has 5 heteroatoms. The number of amidine groups is 1. The Labute approximate surface area is 121 Å². The Kier molecular flexibility index (Phi) is 4.25. The summed E-state index contributed by atoms with van der Waals surface area (Å²) < 4.78 is 0. The first kappa shape index (κ1) is 15.1. The van der Waals surface area contributed by atoms with Gasteiger partial charge in [-0.1, -0.05) is 44.7 Å². The lowest BCUT2D eigenvalue weighted by Crippen LogP contribution is -2.55. The SMILES string of the molecule is CC1(C)CCCCC1NC(=O)C1(C(N)=NO)CCCC1. The molecule has 0 aromatic carbocycles. The molecule has 2 rings (SSSR count). The van der Waals surface area contributed by atoms with Gasteiger partial charge in [0.1, 0.15) is 5.41 Å². The molecule has 2 aliphatic carbocycles. The molecule has 0 bridgehead atoms. The van der Waals surface area contributed by atoms with Crippen molar-refractivity contribution in [3.63, 3.8) is 0 Å². The molecule has 20 heavy (non-hydrogen) atoms. The van der Waals surface area contributed by atoms with Crippen LogP contribution in [0.4, 0.5) is 0 Å². The number of oxime groups is 1. The van der Waals surface area contributed by atoms with E-state index in [4.69, 9.17) is 10.9 Å². The maximum atomic E-state index is 12.7. The summed E-state index contributed by atoms with van der Waals surface area (Å²) in [5, 5.41) is 15.3. The molecule has 5 nitrogen and oxygen atoms in total. The Morgan fingerprint density at radius 1 is 1.20 bits per heavy atom. The monoisotopic (exact) mass is 281 g/mol. The van der Waals surface area contributed by atoms with Crippen molar-refractivity contribution < 1.29 is 10.0 Å². The smallest absolute Gasteiger partial charge is 0.234 e. The largest absolute Gasteiger partial charge is 0.409 e. The minimum Gasteiger partial charge on any atom is -0.409 e. The summed E-state index contributed by atoms with van der Waals surface area (Å²) in [4.78, 5) is 12.7. The molecule has 0 radical (unpaired) electrons. The number of nitrogens with zero attached hydrogens (tertiary/aromatic N) is 1. The third kappa shape index (κ3) is 2.63. The van der Waals surface area contributed by atoms with E-state index in [1.54, 1.807) is 0 Å². The van der Waals surface area contributed by atoms with E-state index in [1.165, 1.54) is 6.42 Å². The molecule has 1 amide bonds. The number of carbonyl (C=O) groups excluding carboxylic acids is 1. The zero-order valence-electron chi connectivity index (χ0n) is 12.6. The molecule has 114 valence electrons. The fourth-order valence-corrected chi connectivity index (χ4v) is 3.73. The van der Waals surface area contributed by atoms with Crippen LogP contribution in [0.5, 0.6) is 0 Å². The first-order chi connectivity index (χ1) is 9.42. The van der Waals surface area contributed by atoms with Crippen molar-refractivity contribution in [2.24, 2.45) is 21.7 Å². The van der Waals surface area contributed by atoms with Crippen LogP contribution in [-0.2, 0) is 4.79 Å². The minimum atomic E-state index is -0.789. The van der Waals surface area contributed by atoms with Crippen LogP contribution in [0, 0.1) is 10.8 Å². The molecule has 0 spiro atoms. The van der Waals surface area contributed by atoms with Crippen molar-refractivity contribution >= 4 is 11.7 Å². The number of hydrogen-bond donors (Lipinski definition) is 3. The lowest BCUT2D eigenvalue weighted by Gasteiger charge is -2.40. The average molecular weight is 281 g/mol. The maximum absolute atomic E-state index is 12.7. The van der Waals surface area contributed by atoms with Gasteiger partial charge >= 0.3 is 0 Å². The summed E-state index contributed by atoms with van der Waals surface area (Å²) in [7, 11) is 0. The molecule has 0 aliphatic heterocycles. The second kappa shape index (κ2) is 5.62. The van der Waals surface area contributed by atoms with Gasteiger partial charge in [0.25, 0.3) is 0 Å². The lowest BCUT2D eigenvalue weighted by atomic mass is 9.72. The Morgan fingerprint density at radius 2 is 1.80 bits per heavy atom. The zero-order valence-corrected chi connectivity index (χ0v) is 12.6. The molecular formula is C15H27N3O2. The standard InChI is InChI=1S/C15H27N3O2/c1-14(2)8-4-3-7-11(14)17-13(19)15(12(16)18-20)9-5-6-10-15/h11,20H,3-10H2,1-2H3,(H2,16,18)(H,17,19). The van der Waals surface area contributed by atoms with Gasteiger partial charge < -0.3 is 16.3 Å². The van der Waals surface area contributed by atoms with Crippen LogP contribution in [0.25, 0.3) is 0 Å². The van der Waals surface area contributed by atoms with Crippen molar-refractivity contribution in [2.75, 3.05) is 0 Å². The molecule has 0 aromatic heterocycles. The molecule has 1 unspecified atom stereocenters. The predicted octanol–water partition coefficient (Wildman–Crippen LogP) is 2.38. The van der Waals surface area contributed by atoms with Crippen LogP contribution < -0.4 is 11.1 Å². The fraction of sp³-hybridized carbons (Fsp3) is 0.867. The normalized spacial score (nSPS) is 29.1. The lowest BCUT2D eigenvalue weighted by molar-refractivity contribution is -0.129. The summed E-state index contributed by atoms with van der Waals surface area (Å²) in [5.41, 5.74) is 5.16. The third-order valence-corrected chi connectivity index (χ3v) is 5.30. The first-order valence-electron chi connectivity index (χ1n) is 7.71. The second-order valence-corrected chi connectivity index (χ2v) is 7.03. The summed E-state index contributed by atoms with van der Waals surface area (Å²) in [6.45, 7) is 4.42. The molecule has 2 aliphatic rings. The van der Waals surface area contributed by atoms with Gasteiger partial charge in [-0.05, 0) is 31.1 Å². The Balaban J connectivity index is 2.13. The second-order valence-electron chi connectivity index (χ2n) is 7.03. The van der Waals surface area contributed by atoms with E-state index < -0.39 is 5.41 Å². The van der Waals surface area contributed by atoms with Gasteiger partial charge in [0.2, 0.25) is 5.91 Å². The Bertz CT molecular complexity index is 398. The van der Waals surface area contributed by atoms with Crippen molar-refractivity contribution in [2.45, 2.75) is 71.3 Å². The Hall–Kier alpha value is -1.26. The predicted molar refractivity (Wildman–Crippen MR) is 78.5 cm³/mol. The molecule has 0 saturated heterocycles. The van der Waals surface area contributed by atoms with E-state index in [9.17, 15) is 4.79 Å². The third-order valence-electron chi connectivity index (χ3n) is 5.30. The molecule has 0 aromatic rings. The highest BCUT2D eigenvalue weighted by Gasteiger charge is 2.47. The summed E-state index contributed by atoms with van der Waals surface area (Å²) in [5.74, 6) is 0.0198. The first-order valence-corrected chi connectivity index (χ1v) is 7.71. The number of hydrogen-bond acceptors (Lipinski definition) is 3. The number of carbonyl (C=O) groups is 1. The van der Waals surface area contributed by atoms with Crippen LogP contribution in [0.3, 0.4) is 0 Å². The van der Waals surface area contributed by atoms with Crippen LogP contribution in [0.2, 0.25) is 0 Å². The molecule has 0 heterocycles. The average Bonchev–Trinajstić information content (AvgIpc) is 2.90. The highest BCUT2D eigenvalue weighted by Crippen LogP contribution is 2.41. The molecule has 2 saturated carbocycles. The van der Waals surface area contributed by atoms with Crippen molar-refractivity contribution in [1.82, 2.24) is 5.32 Å². The Morgan fingerprint density at radius 3 is 2.35 bits per heavy atom. The molecule has 1 atom stereocenters. The highest BCUT2D eigenvalue weighted by molar-refractivity contribution is 6.07. The van der Waals surface area contributed by atoms with E-state index in [0.29, 0.717) is 12.8 Å². The summed E-state index contributed by atoms with van der Waals surface area (Å²) in [6.07, 6.45) is 7.81. The molecule has 4 N–H and O–H groups in total. The number of nitrogens with two attached hydrogens (primary N) is 1. The van der Waals surface area contributed by atoms with E-state index in [0.717, 1.165) is 32.1 Å². The molecular weight excluding hydrogens is 254 g/mol. The van der Waals surface area contributed by atoms with Gasteiger partial charge in [0.05, 0.1) is 0 Å². The molecule has 2 fully saturated rings. The van der Waals surface area contributed by atoms with Gasteiger partial charge in [-0.3, -0.25) is 4.79 Å². The van der Waals surface area contributed by atoms with E-state index in [-0.39, 0.29) is 23.2 Å². The van der Waals surface area contributed by atoms with Gasteiger partial charge in [-0.2, -0.15) is 0 Å². The van der Waals surface area contributed by atoms with Crippen molar-refractivity contribution in [1.29, 1.82) is 0 Å². The van der Waals surface area contributed by atoms with Crippen molar-refractivity contribution in [3.8, 4) is 0 Å². The van der Waals surface area contributed by atoms with Crippen LogP contribution in [0.15, 0.2) is 5.16 Å². The number of amides is 1. The number of nitrogens with one attached hydrogen (secondary N) is 1.